The van der Waals surface area contributed by atoms with Gasteiger partial charge in [0.05, 0.1) is 22.7 Å². The van der Waals surface area contributed by atoms with Crippen LogP contribution in [0.1, 0.15) is 27.7 Å². The van der Waals surface area contributed by atoms with Gasteiger partial charge in [-0.3, -0.25) is 0 Å². The zero-order valence-corrected chi connectivity index (χ0v) is 22.7. The third-order valence-corrected chi connectivity index (χ3v) is 6.59. The molecule has 0 atom stereocenters. The summed E-state index contributed by atoms with van der Waals surface area (Å²) in [6, 6.07) is 32.6. The molecule has 194 valence electrons. The average Bonchev–Trinajstić information content (AvgIpc) is 2.98. The summed E-state index contributed by atoms with van der Waals surface area (Å²) in [5.74, 6) is 0. The van der Waals surface area contributed by atoms with Crippen molar-refractivity contribution in [2.75, 3.05) is 36.0 Å². The molecule has 0 aliphatic carbocycles. The smallest absolute Gasteiger partial charge is 0.0858 e. The Morgan fingerprint density at radius 3 is 0.842 bits per heavy atom. The molecular weight excluding hydrogens is 468 g/mol. The lowest BCUT2D eigenvalue weighted by Crippen LogP contribution is -2.21. The third kappa shape index (κ3) is 6.91. The molecule has 0 bridgehead atoms. The van der Waals surface area contributed by atoms with Crippen molar-refractivity contribution in [2.24, 2.45) is 20.5 Å². The van der Waals surface area contributed by atoms with E-state index >= 15 is 0 Å². The van der Waals surface area contributed by atoms with E-state index in [0.29, 0.717) is 0 Å². The molecule has 0 radical (unpaired) electrons. The highest BCUT2D eigenvalue weighted by atomic mass is 15.1. The second-order valence-corrected chi connectivity index (χ2v) is 8.87. The number of anilines is 2. The molecule has 0 unspecified atom stereocenters. The van der Waals surface area contributed by atoms with Gasteiger partial charge in [-0.15, -0.1) is 0 Å². The Kier molecular flexibility index (Phi) is 9.35. The molecule has 4 aromatic carbocycles. The molecule has 0 fully saturated rings. The van der Waals surface area contributed by atoms with Crippen molar-refractivity contribution in [1.82, 2.24) is 0 Å². The van der Waals surface area contributed by atoms with Crippen molar-refractivity contribution in [3.63, 3.8) is 0 Å². The van der Waals surface area contributed by atoms with Crippen molar-refractivity contribution in [3.05, 3.63) is 97.1 Å². The summed E-state index contributed by atoms with van der Waals surface area (Å²) >= 11 is 0. The molecule has 0 saturated carbocycles. The molecule has 6 heteroatoms. The summed E-state index contributed by atoms with van der Waals surface area (Å²) in [5.41, 5.74) is 7.96. The van der Waals surface area contributed by atoms with E-state index in [9.17, 15) is 0 Å². The molecular formula is C32H36N6. The summed E-state index contributed by atoms with van der Waals surface area (Å²) in [6.07, 6.45) is 0. The van der Waals surface area contributed by atoms with Gasteiger partial charge in [0.25, 0.3) is 0 Å². The lowest BCUT2D eigenvalue weighted by Gasteiger charge is -2.20. The van der Waals surface area contributed by atoms with Gasteiger partial charge in [-0.2, -0.15) is 20.5 Å². The van der Waals surface area contributed by atoms with E-state index in [-0.39, 0.29) is 0 Å². The van der Waals surface area contributed by atoms with Crippen molar-refractivity contribution >= 4 is 34.1 Å². The Bertz CT molecular complexity index is 1210. The van der Waals surface area contributed by atoms with Gasteiger partial charge >= 0.3 is 0 Å². The van der Waals surface area contributed by atoms with Crippen molar-refractivity contribution in [2.45, 2.75) is 27.7 Å². The first-order valence-corrected chi connectivity index (χ1v) is 13.4. The molecule has 0 N–H and O–H groups in total. The van der Waals surface area contributed by atoms with Gasteiger partial charge in [0, 0.05) is 37.6 Å². The molecule has 0 heterocycles. The second kappa shape index (κ2) is 13.3. The zero-order valence-electron chi connectivity index (χ0n) is 22.7. The molecule has 0 aliphatic rings. The molecule has 4 rings (SSSR count). The van der Waals surface area contributed by atoms with Crippen LogP contribution in [-0.2, 0) is 0 Å². The zero-order chi connectivity index (χ0) is 26.7. The van der Waals surface area contributed by atoms with Crippen LogP contribution in [0.25, 0.3) is 11.1 Å². The lowest BCUT2D eigenvalue weighted by atomic mass is 10.1. The molecule has 0 spiro atoms. The lowest BCUT2D eigenvalue weighted by molar-refractivity contribution is 0.866. The average molecular weight is 505 g/mol. The number of hydrogen-bond donors (Lipinski definition) is 0. The SMILES string of the molecule is CCN(CC)c1ccc(N=Nc2ccc(-c3ccc(N=Nc4ccc(N(CC)CC)cc4)cc3)cc2)cc1. The van der Waals surface area contributed by atoms with Gasteiger partial charge in [-0.1, -0.05) is 24.3 Å². The monoisotopic (exact) mass is 504 g/mol. The largest absolute Gasteiger partial charge is 0.372 e. The van der Waals surface area contributed by atoms with Crippen LogP contribution >= 0.6 is 0 Å². The number of rotatable bonds is 11. The quantitative estimate of drug-likeness (QED) is 0.191. The highest BCUT2D eigenvalue weighted by molar-refractivity contribution is 5.67. The van der Waals surface area contributed by atoms with Crippen LogP contribution in [-0.4, -0.2) is 26.2 Å². The molecule has 0 aliphatic heterocycles. The third-order valence-electron chi connectivity index (χ3n) is 6.59. The summed E-state index contributed by atoms with van der Waals surface area (Å²) < 4.78 is 0. The van der Waals surface area contributed by atoms with Gasteiger partial charge in [0.2, 0.25) is 0 Å². The first-order valence-electron chi connectivity index (χ1n) is 13.4. The van der Waals surface area contributed by atoms with E-state index in [1.807, 2.05) is 48.5 Å². The molecule has 0 amide bonds. The summed E-state index contributed by atoms with van der Waals surface area (Å²) in [7, 11) is 0. The van der Waals surface area contributed by atoms with Crippen LogP contribution in [0, 0.1) is 0 Å². The molecule has 4 aromatic rings. The normalized spacial score (nSPS) is 11.4. The van der Waals surface area contributed by atoms with Crippen LogP contribution in [0.15, 0.2) is 118 Å². The van der Waals surface area contributed by atoms with Gasteiger partial charge in [-0.05, 0) is 112 Å². The van der Waals surface area contributed by atoms with E-state index in [4.69, 9.17) is 0 Å². The van der Waals surface area contributed by atoms with Gasteiger partial charge < -0.3 is 9.80 Å². The number of azo groups is 2. The maximum Gasteiger partial charge on any atom is 0.0858 e. The van der Waals surface area contributed by atoms with Crippen LogP contribution in [0.4, 0.5) is 34.1 Å². The fourth-order valence-corrected chi connectivity index (χ4v) is 4.31. The minimum Gasteiger partial charge on any atom is -0.372 e. The Labute approximate surface area is 226 Å². The van der Waals surface area contributed by atoms with E-state index in [1.165, 1.54) is 11.4 Å². The Morgan fingerprint density at radius 1 is 0.368 bits per heavy atom. The maximum atomic E-state index is 4.40. The van der Waals surface area contributed by atoms with E-state index in [2.05, 4.69) is 106 Å². The van der Waals surface area contributed by atoms with Crippen molar-refractivity contribution in [1.29, 1.82) is 0 Å². The summed E-state index contributed by atoms with van der Waals surface area (Å²) in [5, 5.41) is 17.6. The number of hydrogen-bond acceptors (Lipinski definition) is 6. The minimum atomic E-state index is 0.819. The van der Waals surface area contributed by atoms with Crippen LogP contribution < -0.4 is 9.80 Å². The topological polar surface area (TPSA) is 55.9 Å². The standard InChI is InChI=1S/C32H36N6/c1-5-37(6-2)31-21-17-29(18-22-31)35-33-27-13-9-25(10-14-27)26-11-15-28(16-12-26)34-36-30-19-23-32(24-20-30)38(7-3)8-4/h9-24H,5-8H2,1-4H3. The molecule has 0 aromatic heterocycles. The fraction of sp³-hybridized carbons (Fsp3) is 0.250. The first kappa shape index (κ1) is 26.7. The Morgan fingerprint density at radius 2 is 0.605 bits per heavy atom. The van der Waals surface area contributed by atoms with Crippen LogP contribution in [0.2, 0.25) is 0 Å². The predicted molar refractivity (Wildman–Crippen MR) is 160 cm³/mol. The number of nitrogens with zero attached hydrogens (tertiary/aromatic N) is 6. The Hall–Kier alpha value is -4.32. The predicted octanol–water partition coefficient (Wildman–Crippen LogP) is 9.88. The van der Waals surface area contributed by atoms with Gasteiger partial charge in [0.1, 0.15) is 0 Å². The molecule has 0 saturated heterocycles. The fourth-order valence-electron chi connectivity index (χ4n) is 4.31. The van der Waals surface area contributed by atoms with Crippen LogP contribution in [0.3, 0.4) is 0 Å². The number of benzene rings is 4. The second-order valence-electron chi connectivity index (χ2n) is 8.87. The highest BCUT2D eigenvalue weighted by Crippen LogP contribution is 2.28. The van der Waals surface area contributed by atoms with Crippen molar-refractivity contribution in [3.8, 4) is 11.1 Å². The van der Waals surface area contributed by atoms with Gasteiger partial charge in [0.15, 0.2) is 0 Å². The van der Waals surface area contributed by atoms with Gasteiger partial charge in [-0.25, -0.2) is 0 Å². The van der Waals surface area contributed by atoms with E-state index < -0.39 is 0 Å². The summed E-state index contributed by atoms with van der Waals surface area (Å²) in [4.78, 5) is 4.61. The first-order chi connectivity index (χ1) is 18.6. The van der Waals surface area contributed by atoms with Crippen LogP contribution in [0.5, 0.6) is 0 Å². The molecule has 38 heavy (non-hydrogen) atoms. The Balaban J connectivity index is 1.36. The molecule has 6 nitrogen and oxygen atoms in total. The van der Waals surface area contributed by atoms with Crippen molar-refractivity contribution < 1.29 is 0 Å². The van der Waals surface area contributed by atoms with E-state index in [0.717, 1.165) is 60.1 Å². The van der Waals surface area contributed by atoms with E-state index in [1.54, 1.807) is 0 Å². The highest BCUT2D eigenvalue weighted by Gasteiger charge is 2.03. The maximum absolute atomic E-state index is 4.40. The summed E-state index contributed by atoms with van der Waals surface area (Å²) in [6.45, 7) is 12.6. The minimum absolute atomic E-state index is 0.819.